The van der Waals surface area contributed by atoms with Crippen LogP contribution >= 0.6 is 0 Å². The van der Waals surface area contributed by atoms with Gasteiger partial charge in [0, 0.05) is 13.1 Å². The topological polar surface area (TPSA) is 21.3 Å². The maximum atomic E-state index is 13.4. The standard InChI is InChI=1S/C17H24FNO/c1-2-13-6-8-17(9-7-13)12-19-11-16(20-17)14-4-3-5-15(18)10-14/h3-5,10,13,16,19H,2,6-9,11-12H2,1H3. The van der Waals surface area contributed by atoms with Gasteiger partial charge in [-0.1, -0.05) is 25.5 Å². The normalized spacial score (nSPS) is 34.3. The maximum Gasteiger partial charge on any atom is 0.123 e. The Balaban J connectivity index is 1.71. The van der Waals surface area contributed by atoms with Crippen molar-refractivity contribution in [3.05, 3.63) is 35.6 Å². The second kappa shape index (κ2) is 5.82. The molecule has 1 aliphatic carbocycles. The fraction of sp³-hybridized carbons (Fsp3) is 0.647. The first kappa shape index (κ1) is 14.0. The van der Waals surface area contributed by atoms with Gasteiger partial charge in [-0.15, -0.1) is 0 Å². The number of rotatable bonds is 2. The molecule has 1 unspecified atom stereocenters. The Hall–Kier alpha value is -0.930. The third-order valence-corrected chi connectivity index (χ3v) is 4.98. The van der Waals surface area contributed by atoms with Gasteiger partial charge in [0.15, 0.2) is 0 Å². The number of hydrogen-bond acceptors (Lipinski definition) is 2. The number of ether oxygens (including phenoxy) is 1. The highest BCUT2D eigenvalue weighted by molar-refractivity contribution is 5.20. The lowest BCUT2D eigenvalue weighted by Crippen LogP contribution is -2.52. The fourth-order valence-corrected chi connectivity index (χ4v) is 3.62. The van der Waals surface area contributed by atoms with Gasteiger partial charge in [-0.05, 0) is 49.3 Å². The highest BCUT2D eigenvalue weighted by atomic mass is 19.1. The van der Waals surface area contributed by atoms with Crippen LogP contribution in [0.2, 0.25) is 0 Å². The van der Waals surface area contributed by atoms with Crippen molar-refractivity contribution in [2.45, 2.75) is 50.7 Å². The highest BCUT2D eigenvalue weighted by Gasteiger charge is 2.40. The van der Waals surface area contributed by atoms with Crippen LogP contribution in [0.5, 0.6) is 0 Å². The lowest BCUT2D eigenvalue weighted by Gasteiger charge is -2.46. The minimum absolute atomic E-state index is 0.0161. The predicted molar refractivity (Wildman–Crippen MR) is 78.1 cm³/mol. The second-order valence-electron chi connectivity index (χ2n) is 6.33. The zero-order valence-electron chi connectivity index (χ0n) is 12.2. The molecule has 110 valence electrons. The van der Waals surface area contributed by atoms with Crippen molar-refractivity contribution in [2.75, 3.05) is 13.1 Å². The summed E-state index contributed by atoms with van der Waals surface area (Å²) >= 11 is 0. The van der Waals surface area contributed by atoms with Gasteiger partial charge < -0.3 is 10.1 Å². The summed E-state index contributed by atoms with van der Waals surface area (Å²) in [7, 11) is 0. The largest absolute Gasteiger partial charge is 0.364 e. The van der Waals surface area contributed by atoms with Crippen LogP contribution in [-0.4, -0.2) is 18.7 Å². The van der Waals surface area contributed by atoms with Gasteiger partial charge in [-0.3, -0.25) is 0 Å². The molecule has 1 saturated heterocycles. The summed E-state index contributed by atoms with van der Waals surface area (Å²) in [6, 6.07) is 6.82. The number of morpholine rings is 1. The van der Waals surface area contributed by atoms with Crippen LogP contribution in [0.15, 0.2) is 24.3 Å². The molecule has 1 heterocycles. The highest BCUT2D eigenvalue weighted by Crippen LogP contribution is 2.40. The van der Waals surface area contributed by atoms with E-state index in [0.29, 0.717) is 0 Å². The van der Waals surface area contributed by atoms with Crippen LogP contribution in [0.25, 0.3) is 0 Å². The van der Waals surface area contributed by atoms with Crippen LogP contribution in [0.4, 0.5) is 4.39 Å². The van der Waals surface area contributed by atoms with Gasteiger partial charge in [-0.2, -0.15) is 0 Å². The minimum Gasteiger partial charge on any atom is -0.364 e. The minimum atomic E-state index is -0.180. The first-order valence-electron chi connectivity index (χ1n) is 7.85. The Morgan fingerprint density at radius 2 is 2.15 bits per heavy atom. The molecular formula is C17H24FNO. The quantitative estimate of drug-likeness (QED) is 0.887. The molecular weight excluding hydrogens is 253 g/mol. The average molecular weight is 277 g/mol. The molecule has 2 fully saturated rings. The summed E-state index contributed by atoms with van der Waals surface area (Å²) in [5.41, 5.74) is 0.926. The second-order valence-corrected chi connectivity index (χ2v) is 6.33. The van der Waals surface area contributed by atoms with Crippen LogP contribution < -0.4 is 5.32 Å². The zero-order chi connectivity index (χ0) is 14.0. The Bertz CT molecular complexity index is 454. The molecule has 1 aromatic rings. The third kappa shape index (κ3) is 2.89. The molecule has 3 heteroatoms. The molecule has 1 aliphatic heterocycles. The molecule has 20 heavy (non-hydrogen) atoms. The molecule has 1 N–H and O–H groups in total. The maximum absolute atomic E-state index is 13.4. The van der Waals surface area contributed by atoms with E-state index in [1.54, 1.807) is 12.1 Å². The van der Waals surface area contributed by atoms with E-state index in [0.717, 1.165) is 37.4 Å². The van der Waals surface area contributed by atoms with Gasteiger partial charge in [-0.25, -0.2) is 4.39 Å². The number of benzene rings is 1. The molecule has 0 aromatic heterocycles. The number of hydrogen-bond donors (Lipinski definition) is 1. The van der Waals surface area contributed by atoms with Crippen LogP contribution in [-0.2, 0) is 4.74 Å². The van der Waals surface area contributed by atoms with Crippen molar-refractivity contribution >= 4 is 0 Å². The molecule has 2 aliphatic rings. The average Bonchev–Trinajstić information content (AvgIpc) is 2.48. The van der Waals surface area contributed by atoms with Crippen molar-refractivity contribution in [3.63, 3.8) is 0 Å². The van der Waals surface area contributed by atoms with E-state index in [1.807, 2.05) is 6.07 Å². The van der Waals surface area contributed by atoms with Gasteiger partial charge >= 0.3 is 0 Å². The van der Waals surface area contributed by atoms with E-state index in [9.17, 15) is 4.39 Å². The molecule has 0 bridgehead atoms. The van der Waals surface area contributed by atoms with Gasteiger partial charge in [0.1, 0.15) is 5.82 Å². The Morgan fingerprint density at radius 1 is 1.35 bits per heavy atom. The van der Waals surface area contributed by atoms with Crippen molar-refractivity contribution in [1.82, 2.24) is 5.32 Å². The molecule has 3 rings (SSSR count). The number of halogens is 1. The van der Waals surface area contributed by atoms with E-state index in [2.05, 4.69) is 12.2 Å². The zero-order valence-corrected chi connectivity index (χ0v) is 12.2. The molecule has 0 amide bonds. The van der Waals surface area contributed by atoms with Crippen molar-refractivity contribution in [3.8, 4) is 0 Å². The summed E-state index contributed by atoms with van der Waals surface area (Å²) in [5, 5.41) is 3.50. The molecule has 1 aromatic carbocycles. The smallest absolute Gasteiger partial charge is 0.123 e. The van der Waals surface area contributed by atoms with Crippen molar-refractivity contribution in [2.24, 2.45) is 5.92 Å². The van der Waals surface area contributed by atoms with Crippen LogP contribution in [0.3, 0.4) is 0 Å². The summed E-state index contributed by atoms with van der Waals surface area (Å²) in [5.74, 6) is 0.680. The lowest BCUT2D eigenvalue weighted by molar-refractivity contribution is -0.141. The Morgan fingerprint density at radius 3 is 2.85 bits per heavy atom. The van der Waals surface area contributed by atoms with Gasteiger partial charge in [0.25, 0.3) is 0 Å². The third-order valence-electron chi connectivity index (χ3n) is 4.98. The molecule has 1 atom stereocenters. The van der Waals surface area contributed by atoms with Gasteiger partial charge in [0.2, 0.25) is 0 Å². The fourth-order valence-electron chi connectivity index (χ4n) is 3.62. The predicted octanol–water partition coefficient (Wildman–Crippen LogP) is 3.83. The van der Waals surface area contributed by atoms with E-state index >= 15 is 0 Å². The summed E-state index contributed by atoms with van der Waals surface area (Å²) in [4.78, 5) is 0. The Kier molecular flexibility index (Phi) is 4.08. The van der Waals surface area contributed by atoms with E-state index < -0.39 is 0 Å². The molecule has 2 nitrogen and oxygen atoms in total. The summed E-state index contributed by atoms with van der Waals surface area (Å²) < 4.78 is 19.8. The summed E-state index contributed by atoms with van der Waals surface area (Å²) in [6.07, 6.45) is 6.03. The van der Waals surface area contributed by atoms with Crippen LogP contribution in [0.1, 0.15) is 50.7 Å². The van der Waals surface area contributed by atoms with Crippen LogP contribution in [0, 0.1) is 11.7 Å². The monoisotopic (exact) mass is 277 g/mol. The van der Waals surface area contributed by atoms with E-state index in [4.69, 9.17) is 4.74 Å². The van der Waals surface area contributed by atoms with Crippen molar-refractivity contribution in [1.29, 1.82) is 0 Å². The SMILES string of the molecule is CCC1CCC2(CC1)CNCC(c1cccc(F)c1)O2. The van der Waals surface area contributed by atoms with E-state index in [1.165, 1.54) is 25.3 Å². The molecule has 1 saturated carbocycles. The van der Waals surface area contributed by atoms with E-state index in [-0.39, 0.29) is 17.5 Å². The summed E-state index contributed by atoms with van der Waals surface area (Å²) in [6.45, 7) is 4.00. The van der Waals surface area contributed by atoms with Crippen molar-refractivity contribution < 1.29 is 9.13 Å². The molecule has 0 radical (unpaired) electrons. The first-order chi connectivity index (χ1) is 9.71. The number of nitrogens with one attached hydrogen (secondary N) is 1. The molecule has 1 spiro atoms. The lowest BCUT2D eigenvalue weighted by atomic mass is 9.77. The first-order valence-corrected chi connectivity index (χ1v) is 7.85. The van der Waals surface area contributed by atoms with Gasteiger partial charge in [0.05, 0.1) is 11.7 Å². The Labute approximate surface area is 120 Å².